The van der Waals surface area contributed by atoms with Crippen LogP contribution in [0.2, 0.25) is 0 Å². The molecule has 0 unspecified atom stereocenters. The highest BCUT2D eigenvalue weighted by atomic mass is 16.5. The van der Waals surface area contributed by atoms with Gasteiger partial charge >= 0.3 is 11.9 Å². The minimum Gasteiger partial charge on any atom is -0.477 e. The van der Waals surface area contributed by atoms with E-state index in [2.05, 4.69) is 6.07 Å². The van der Waals surface area contributed by atoms with Gasteiger partial charge in [-0.3, -0.25) is 4.90 Å². The summed E-state index contributed by atoms with van der Waals surface area (Å²) in [6.07, 6.45) is 3.34. The summed E-state index contributed by atoms with van der Waals surface area (Å²) in [6.45, 7) is 0.643. The summed E-state index contributed by atoms with van der Waals surface area (Å²) < 4.78 is 26.7. The Morgan fingerprint density at radius 1 is 0.717 bits per heavy atom. The monoisotopic (exact) mass is 702 g/mol. The molecule has 0 radical (unpaired) electrons. The zero-order valence-corrected chi connectivity index (χ0v) is 28.5. The van der Waals surface area contributed by atoms with Crippen molar-refractivity contribution in [2.45, 2.75) is 6.54 Å². The van der Waals surface area contributed by atoms with Crippen molar-refractivity contribution in [3.8, 4) is 35.5 Å². The van der Waals surface area contributed by atoms with Crippen LogP contribution in [0.4, 0.5) is 0 Å². The second kappa shape index (κ2) is 14.9. The number of aromatic nitrogens is 2. The van der Waals surface area contributed by atoms with E-state index in [1.54, 1.807) is 51.5 Å². The molecule has 3 aromatic carbocycles. The minimum absolute atomic E-state index is 0.0282. The Labute approximate surface area is 303 Å². The first-order chi connectivity index (χ1) is 25.9. The molecule has 0 aliphatic carbocycles. The van der Waals surface area contributed by atoms with Gasteiger partial charge in [-0.15, -0.1) is 0 Å². The maximum Gasteiger partial charge on any atom is 0.346 e. The Hall–Kier alpha value is -7.33. The molecule has 12 nitrogen and oxygen atoms in total. The minimum atomic E-state index is -0.694. The first-order valence-electron chi connectivity index (χ1n) is 16.6. The fourth-order valence-corrected chi connectivity index (χ4v) is 6.46. The van der Waals surface area contributed by atoms with E-state index in [1.807, 2.05) is 78.7 Å². The lowest BCUT2D eigenvalue weighted by molar-refractivity contribution is 0.0474. The first-order valence-corrected chi connectivity index (χ1v) is 16.6. The Morgan fingerprint density at radius 2 is 1.40 bits per heavy atom. The van der Waals surface area contributed by atoms with E-state index in [1.165, 1.54) is 6.07 Å². The summed E-state index contributed by atoms with van der Waals surface area (Å²) in [7, 11) is 1.89. The topological polar surface area (TPSA) is 154 Å². The number of ether oxygens (including phenoxy) is 4. The summed E-state index contributed by atoms with van der Waals surface area (Å²) in [5.74, 6) is -0.584. The number of para-hydroxylation sites is 2. The van der Waals surface area contributed by atoms with Crippen LogP contribution in [0.15, 0.2) is 103 Å². The maximum absolute atomic E-state index is 14.3. The van der Waals surface area contributed by atoms with E-state index < -0.39 is 11.9 Å². The standard InChI is InChI=1S/C41H30N6O6/c1-45(24-28-8-6-7-27(21-28)23-44)17-20-52-40(48)38-32-10-3-5-12-34(32)47-26-30(51-19-16-43)22-36(39(38)47)53-41(49)37-31-9-2-4-11-33(31)46-25-29(50-18-15-42)13-14-35(37)46/h2-14,21-22,25-26H,17-20,24H2,1H3. The van der Waals surface area contributed by atoms with Crippen LogP contribution >= 0.6 is 0 Å². The summed E-state index contributed by atoms with van der Waals surface area (Å²) in [5.41, 5.74) is 4.18. The molecule has 4 heterocycles. The predicted molar refractivity (Wildman–Crippen MR) is 195 cm³/mol. The third kappa shape index (κ3) is 6.76. The first kappa shape index (κ1) is 34.1. The molecule has 260 valence electrons. The van der Waals surface area contributed by atoms with Crippen LogP contribution in [0, 0.1) is 34.0 Å². The highest BCUT2D eigenvalue weighted by Gasteiger charge is 2.27. The molecule has 0 spiro atoms. The number of hydrogen-bond donors (Lipinski definition) is 0. The van der Waals surface area contributed by atoms with Crippen molar-refractivity contribution in [2.75, 3.05) is 33.4 Å². The van der Waals surface area contributed by atoms with Crippen molar-refractivity contribution in [3.05, 3.63) is 126 Å². The van der Waals surface area contributed by atoms with E-state index in [4.69, 9.17) is 24.2 Å². The van der Waals surface area contributed by atoms with Crippen molar-refractivity contribution in [2.24, 2.45) is 0 Å². The van der Waals surface area contributed by atoms with E-state index >= 15 is 0 Å². The van der Waals surface area contributed by atoms with Gasteiger partial charge in [0.15, 0.2) is 19.0 Å². The SMILES string of the molecule is CN(CCOC(=O)c1c2ccccc2n2cc(OCC#N)cc(OC(=O)c3c4ccccc4n4cc(OCC#N)ccc34)c12)Cc1cccc(C#N)c1. The van der Waals surface area contributed by atoms with Crippen LogP contribution in [0.1, 0.15) is 31.8 Å². The molecule has 12 heteroatoms. The average molecular weight is 703 g/mol. The number of rotatable bonds is 12. The van der Waals surface area contributed by atoms with E-state index in [-0.39, 0.29) is 48.0 Å². The number of nitrogens with zero attached hydrogens (tertiary/aromatic N) is 6. The number of pyridine rings is 2. The smallest absolute Gasteiger partial charge is 0.346 e. The number of likely N-dealkylation sites (N-methyl/N-ethyl adjacent to an activating group) is 1. The molecule has 4 aromatic heterocycles. The highest BCUT2D eigenvalue weighted by molar-refractivity contribution is 6.15. The van der Waals surface area contributed by atoms with E-state index in [0.29, 0.717) is 51.7 Å². The molecule has 0 fully saturated rings. The van der Waals surface area contributed by atoms with Gasteiger partial charge in [-0.25, -0.2) is 9.59 Å². The largest absolute Gasteiger partial charge is 0.477 e. The third-order valence-corrected chi connectivity index (χ3v) is 8.72. The maximum atomic E-state index is 14.3. The molecule has 0 atom stereocenters. The van der Waals surface area contributed by atoms with Crippen LogP contribution in [-0.4, -0.2) is 59.1 Å². The van der Waals surface area contributed by atoms with Gasteiger partial charge in [0.25, 0.3) is 0 Å². The molecule has 0 saturated heterocycles. The molecule has 0 aliphatic heterocycles. The molecule has 0 N–H and O–H groups in total. The Balaban J connectivity index is 1.26. The zero-order valence-electron chi connectivity index (χ0n) is 28.5. The number of benzene rings is 3. The number of nitriles is 3. The van der Waals surface area contributed by atoms with Gasteiger partial charge in [-0.1, -0.05) is 48.5 Å². The van der Waals surface area contributed by atoms with E-state index in [0.717, 1.165) is 5.56 Å². The molecule has 0 saturated carbocycles. The van der Waals surface area contributed by atoms with Crippen LogP contribution < -0.4 is 14.2 Å². The fraction of sp³-hybridized carbons (Fsp3) is 0.146. The zero-order chi connectivity index (χ0) is 36.9. The lowest BCUT2D eigenvalue weighted by atomic mass is 10.1. The molecule has 0 aliphatic rings. The van der Waals surface area contributed by atoms with Crippen molar-refractivity contribution < 1.29 is 28.5 Å². The quantitative estimate of drug-likeness (QED) is 0.126. The summed E-state index contributed by atoms with van der Waals surface area (Å²) in [4.78, 5) is 30.3. The number of hydrogen-bond acceptors (Lipinski definition) is 10. The van der Waals surface area contributed by atoms with Gasteiger partial charge in [0.05, 0.1) is 51.7 Å². The molecule has 7 rings (SSSR count). The molecular formula is C41H30N6O6. The molecular weight excluding hydrogens is 672 g/mol. The van der Waals surface area contributed by atoms with Crippen LogP contribution in [-0.2, 0) is 11.3 Å². The van der Waals surface area contributed by atoms with Gasteiger partial charge in [0.1, 0.15) is 35.8 Å². The average Bonchev–Trinajstić information content (AvgIpc) is 3.69. The van der Waals surface area contributed by atoms with Gasteiger partial charge < -0.3 is 27.7 Å². The third-order valence-electron chi connectivity index (χ3n) is 8.72. The van der Waals surface area contributed by atoms with Crippen molar-refractivity contribution in [3.63, 3.8) is 0 Å². The van der Waals surface area contributed by atoms with Gasteiger partial charge in [-0.05, 0) is 49.0 Å². The van der Waals surface area contributed by atoms with Gasteiger partial charge in [-0.2, -0.15) is 15.8 Å². The van der Waals surface area contributed by atoms with Gasteiger partial charge in [0.2, 0.25) is 0 Å². The molecule has 0 amide bonds. The normalized spacial score (nSPS) is 11.0. The molecule has 0 bridgehead atoms. The summed E-state index contributed by atoms with van der Waals surface area (Å²) in [5, 5.41) is 28.7. The lowest BCUT2D eigenvalue weighted by Crippen LogP contribution is -2.24. The number of carbonyl (C=O) groups excluding carboxylic acids is 2. The molecule has 7 aromatic rings. The highest BCUT2D eigenvalue weighted by Crippen LogP contribution is 2.38. The van der Waals surface area contributed by atoms with Crippen molar-refractivity contribution >= 4 is 44.8 Å². The van der Waals surface area contributed by atoms with Crippen LogP contribution in [0.5, 0.6) is 17.2 Å². The summed E-state index contributed by atoms with van der Waals surface area (Å²) in [6, 6.07) is 32.8. The Morgan fingerprint density at radius 3 is 2.13 bits per heavy atom. The van der Waals surface area contributed by atoms with Crippen LogP contribution in [0.25, 0.3) is 32.8 Å². The predicted octanol–water partition coefficient (Wildman–Crippen LogP) is 6.68. The van der Waals surface area contributed by atoms with Gasteiger partial charge in [0, 0.05) is 29.9 Å². The number of carbonyl (C=O) groups is 2. The fourth-order valence-electron chi connectivity index (χ4n) is 6.46. The second-order valence-electron chi connectivity index (χ2n) is 12.1. The Bertz CT molecular complexity index is 2670. The van der Waals surface area contributed by atoms with Crippen molar-refractivity contribution in [1.82, 2.24) is 13.7 Å². The number of fused-ring (bicyclic) bond motifs is 6. The van der Waals surface area contributed by atoms with E-state index in [9.17, 15) is 20.1 Å². The lowest BCUT2D eigenvalue weighted by Gasteiger charge is -2.17. The molecule has 53 heavy (non-hydrogen) atoms. The Kier molecular flexibility index (Phi) is 9.58. The summed E-state index contributed by atoms with van der Waals surface area (Å²) >= 11 is 0. The number of esters is 2. The van der Waals surface area contributed by atoms with Crippen LogP contribution in [0.3, 0.4) is 0 Å². The second-order valence-corrected chi connectivity index (χ2v) is 12.1. The van der Waals surface area contributed by atoms with Crippen molar-refractivity contribution in [1.29, 1.82) is 15.8 Å².